The van der Waals surface area contributed by atoms with Gasteiger partial charge in [0, 0.05) is 27.8 Å². The minimum Gasteiger partial charge on any atom is -0.360 e. The minimum absolute atomic E-state index is 0.111. The first-order valence-electron chi connectivity index (χ1n) is 10.7. The Morgan fingerprint density at radius 2 is 1.90 bits per heavy atom. The number of hydrogen-bond acceptors (Lipinski definition) is 4. The van der Waals surface area contributed by atoms with Gasteiger partial charge in [0.15, 0.2) is 5.78 Å². The van der Waals surface area contributed by atoms with Crippen molar-refractivity contribution >= 4 is 27.6 Å². The monoisotopic (exact) mass is 483 g/mol. The maximum absolute atomic E-state index is 13.2. The van der Waals surface area contributed by atoms with Gasteiger partial charge in [-0.25, -0.2) is 0 Å². The average Bonchev–Trinajstić information content (AvgIpc) is 3.42. The first-order valence-corrected chi connectivity index (χ1v) is 11.5. The molecule has 2 aromatic heterocycles. The Kier molecular flexibility index (Phi) is 6.41. The van der Waals surface area contributed by atoms with Crippen LogP contribution in [0, 0.1) is 12.8 Å². The second-order valence-corrected chi connectivity index (χ2v) is 9.18. The summed E-state index contributed by atoms with van der Waals surface area (Å²) in [7, 11) is 0. The second kappa shape index (κ2) is 9.22. The number of nitrogens with zero attached hydrogens (tertiary/aromatic N) is 1. The summed E-state index contributed by atoms with van der Waals surface area (Å²) in [5.74, 6) is 0.544. The molecule has 0 saturated heterocycles. The summed E-state index contributed by atoms with van der Waals surface area (Å²) in [6.07, 6.45) is 7.61. The molecule has 0 spiro atoms. The first-order chi connectivity index (χ1) is 14.9. The molecule has 2 N–H and O–H groups in total. The molecule has 0 aliphatic heterocycles. The van der Waals surface area contributed by atoms with E-state index < -0.39 is 0 Å². The van der Waals surface area contributed by atoms with Crippen molar-refractivity contribution in [3.05, 3.63) is 63.6 Å². The largest absolute Gasteiger partial charge is 0.360 e. The van der Waals surface area contributed by atoms with Crippen LogP contribution in [-0.4, -0.2) is 27.9 Å². The number of halogens is 1. The summed E-state index contributed by atoms with van der Waals surface area (Å²) in [5.41, 5.74) is 2.47. The zero-order chi connectivity index (χ0) is 22.0. The van der Waals surface area contributed by atoms with Crippen molar-refractivity contribution in [3.63, 3.8) is 0 Å². The molecule has 31 heavy (non-hydrogen) atoms. The normalized spacial score (nSPS) is 15.6. The van der Waals surface area contributed by atoms with Crippen LogP contribution in [-0.2, 0) is 0 Å². The summed E-state index contributed by atoms with van der Waals surface area (Å²) in [4.78, 5) is 28.9. The number of carbonyl (C=O) groups is 2. The summed E-state index contributed by atoms with van der Waals surface area (Å²) < 4.78 is 6.26. The van der Waals surface area contributed by atoms with Crippen LogP contribution in [0.1, 0.15) is 71.2 Å². The molecule has 4 rings (SSSR count). The van der Waals surface area contributed by atoms with Crippen LogP contribution in [0.25, 0.3) is 11.3 Å². The van der Waals surface area contributed by atoms with Crippen molar-refractivity contribution in [1.82, 2.24) is 15.5 Å². The highest BCUT2D eigenvalue weighted by Crippen LogP contribution is 2.29. The summed E-state index contributed by atoms with van der Waals surface area (Å²) in [6.45, 7) is 3.78. The zero-order valence-corrected chi connectivity index (χ0v) is 19.3. The number of aromatic amines is 1. The number of aromatic nitrogens is 2. The van der Waals surface area contributed by atoms with E-state index in [0.29, 0.717) is 34.2 Å². The van der Waals surface area contributed by atoms with Crippen LogP contribution in [0.3, 0.4) is 0 Å². The minimum atomic E-state index is -0.229. The summed E-state index contributed by atoms with van der Waals surface area (Å²) in [5, 5.41) is 7.18. The van der Waals surface area contributed by atoms with Gasteiger partial charge in [0.2, 0.25) is 0 Å². The lowest BCUT2D eigenvalue weighted by Gasteiger charge is -2.28. The number of aryl methyl sites for hydroxylation is 1. The molecule has 0 radical (unpaired) electrons. The van der Waals surface area contributed by atoms with Crippen molar-refractivity contribution in [1.29, 1.82) is 0 Å². The number of H-pyrrole nitrogens is 1. The molecule has 7 heteroatoms. The lowest BCUT2D eigenvalue weighted by atomic mass is 9.84. The van der Waals surface area contributed by atoms with E-state index in [0.717, 1.165) is 22.9 Å². The molecule has 6 nitrogen and oxygen atoms in total. The third-order valence-corrected chi connectivity index (χ3v) is 6.64. The van der Waals surface area contributed by atoms with E-state index in [9.17, 15) is 9.59 Å². The number of hydrogen-bond donors (Lipinski definition) is 2. The average molecular weight is 484 g/mol. The van der Waals surface area contributed by atoms with E-state index in [2.05, 4.69) is 38.3 Å². The van der Waals surface area contributed by atoms with E-state index in [1.165, 1.54) is 19.3 Å². The third-order valence-electron chi connectivity index (χ3n) is 6.11. The SMILES string of the molecule is Cc1onc(-c2ccc(Br)cc2)c1C(=O)c1c[nH]c(C(=O)N[C@@H](C)C2CCCCC2)c1. The Hall–Kier alpha value is -2.67. The Morgan fingerprint density at radius 3 is 2.61 bits per heavy atom. The van der Waals surface area contributed by atoms with E-state index in [1.54, 1.807) is 19.2 Å². The number of ketones is 1. The van der Waals surface area contributed by atoms with Crippen LogP contribution in [0.5, 0.6) is 0 Å². The van der Waals surface area contributed by atoms with Crippen LogP contribution >= 0.6 is 15.9 Å². The molecule has 2 heterocycles. The van der Waals surface area contributed by atoms with Gasteiger partial charge in [-0.2, -0.15) is 0 Å². The Balaban J connectivity index is 1.52. The van der Waals surface area contributed by atoms with Crippen LogP contribution in [0.2, 0.25) is 0 Å². The summed E-state index contributed by atoms with van der Waals surface area (Å²) >= 11 is 3.41. The Morgan fingerprint density at radius 1 is 1.19 bits per heavy atom. The zero-order valence-electron chi connectivity index (χ0n) is 17.7. The van der Waals surface area contributed by atoms with Gasteiger partial charge in [-0.3, -0.25) is 9.59 Å². The van der Waals surface area contributed by atoms with Crippen molar-refractivity contribution in [2.45, 2.75) is 52.0 Å². The maximum Gasteiger partial charge on any atom is 0.267 e. The van der Waals surface area contributed by atoms with Gasteiger partial charge in [0.25, 0.3) is 5.91 Å². The quantitative estimate of drug-likeness (QED) is 0.442. The fourth-order valence-corrected chi connectivity index (χ4v) is 4.55. The van der Waals surface area contributed by atoms with Crippen LogP contribution in [0.4, 0.5) is 0 Å². The molecule has 1 amide bonds. The molecule has 1 aromatic carbocycles. The highest BCUT2D eigenvalue weighted by atomic mass is 79.9. The fraction of sp³-hybridized carbons (Fsp3) is 0.375. The highest BCUT2D eigenvalue weighted by Gasteiger charge is 2.26. The van der Waals surface area contributed by atoms with Gasteiger partial charge < -0.3 is 14.8 Å². The van der Waals surface area contributed by atoms with Gasteiger partial charge in [-0.15, -0.1) is 0 Å². The Bertz CT molecular complexity index is 1080. The molecule has 0 bridgehead atoms. The van der Waals surface area contributed by atoms with Crippen LogP contribution in [0.15, 0.2) is 45.5 Å². The van der Waals surface area contributed by atoms with Gasteiger partial charge >= 0.3 is 0 Å². The van der Waals surface area contributed by atoms with E-state index >= 15 is 0 Å². The number of amides is 1. The second-order valence-electron chi connectivity index (χ2n) is 8.26. The molecule has 1 atom stereocenters. The molecular formula is C24H26BrN3O3. The van der Waals surface area contributed by atoms with Crippen molar-refractivity contribution in [2.75, 3.05) is 0 Å². The van der Waals surface area contributed by atoms with Crippen molar-refractivity contribution in [3.8, 4) is 11.3 Å². The summed E-state index contributed by atoms with van der Waals surface area (Å²) in [6, 6.07) is 9.24. The van der Waals surface area contributed by atoms with Gasteiger partial charge in [0.1, 0.15) is 17.1 Å². The maximum atomic E-state index is 13.2. The number of rotatable bonds is 6. The van der Waals surface area contributed by atoms with Crippen molar-refractivity contribution in [2.24, 2.45) is 5.92 Å². The first kappa shape index (κ1) is 21.6. The van der Waals surface area contributed by atoms with E-state index in [1.807, 2.05) is 24.3 Å². The molecule has 1 fully saturated rings. The van der Waals surface area contributed by atoms with Crippen molar-refractivity contribution < 1.29 is 14.1 Å². The van der Waals surface area contributed by atoms with Gasteiger partial charge in [-0.1, -0.05) is 52.5 Å². The molecule has 162 valence electrons. The number of benzene rings is 1. The predicted molar refractivity (Wildman–Crippen MR) is 122 cm³/mol. The highest BCUT2D eigenvalue weighted by molar-refractivity contribution is 9.10. The molecule has 0 unspecified atom stereocenters. The van der Waals surface area contributed by atoms with E-state index in [-0.39, 0.29) is 17.7 Å². The van der Waals surface area contributed by atoms with Gasteiger partial charge in [-0.05, 0) is 50.8 Å². The van der Waals surface area contributed by atoms with E-state index in [4.69, 9.17) is 4.52 Å². The third kappa shape index (κ3) is 4.66. The molecule has 1 aliphatic carbocycles. The molecule has 1 aliphatic rings. The Labute approximate surface area is 189 Å². The smallest absolute Gasteiger partial charge is 0.267 e. The van der Waals surface area contributed by atoms with Gasteiger partial charge in [0.05, 0.1) is 5.56 Å². The fourth-order valence-electron chi connectivity index (χ4n) is 4.28. The van der Waals surface area contributed by atoms with Crippen LogP contribution < -0.4 is 5.32 Å². The number of carbonyl (C=O) groups excluding carboxylic acids is 2. The lowest BCUT2D eigenvalue weighted by Crippen LogP contribution is -2.39. The topological polar surface area (TPSA) is 88.0 Å². The predicted octanol–water partition coefficient (Wildman–Crippen LogP) is 5.67. The molecular weight excluding hydrogens is 458 g/mol. The molecule has 1 saturated carbocycles. The molecule has 3 aromatic rings. The number of nitrogens with one attached hydrogen (secondary N) is 2. The standard InChI is InChI=1S/C24H26BrN3O3/c1-14(16-6-4-3-5-7-16)27-24(30)20-12-18(13-26-20)23(29)21-15(2)31-28-22(21)17-8-10-19(25)11-9-17/h8-14,16,26H,3-7H2,1-2H3,(H,27,30)/t14-/m0/s1. The lowest BCUT2D eigenvalue weighted by molar-refractivity contribution is 0.0914.